The molecule has 0 aliphatic carbocycles. The first-order valence-electron chi connectivity index (χ1n) is 8.81. The van der Waals surface area contributed by atoms with Crippen molar-refractivity contribution in [1.82, 2.24) is 14.2 Å². The highest BCUT2D eigenvalue weighted by Crippen LogP contribution is 2.19. The number of likely N-dealkylation sites (N-methyl/N-ethyl adjacent to an activating group) is 1. The molecule has 1 fully saturated rings. The summed E-state index contributed by atoms with van der Waals surface area (Å²) < 4.78 is 32.2. The maximum Gasteiger partial charge on any atom is 0.253 e. The highest BCUT2D eigenvalue weighted by Gasteiger charge is 2.27. The van der Waals surface area contributed by atoms with Crippen molar-refractivity contribution in [1.29, 1.82) is 0 Å². The minimum absolute atomic E-state index is 0.137. The second kappa shape index (κ2) is 8.60. The molecule has 1 aliphatic heterocycles. The molecule has 2 heterocycles. The monoisotopic (exact) mass is 389 g/mol. The molecule has 0 bridgehead atoms. The number of sulfonamides is 1. The molecule has 1 aromatic heterocycles. The van der Waals surface area contributed by atoms with Crippen LogP contribution < -0.4 is 0 Å². The van der Waals surface area contributed by atoms with Gasteiger partial charge in [0.1, 0.15) is 0 Å². The Balaban J connectivity index is 1.71. The number of ether oxygens (including phenoxy) is 1. The van der Waals surface area contributed by atoms with Crippen molar-refractivity contribution in [3.8, 4) is 0 Å². The summed E-state index contributed by atoms with van der Waals surface area (Å²) in [5.74, 6) is -0.205. The lowest BCUT2D eigenvalue weighted by molar-refractivity contribution is 0.0730. The number of nitrogens with zero attached hydrogens (tertiary/aromatic N) is 3. The third-order valence-electron chi connectivity index (χ3n) is 4.52. The molecule has 1 amide bonds. The van der Waals surface area contributed by atoms with Gasteiger partial charge in [-0.15, -0.1) is 0 Å². The third kappa shape index (κ3) is 4.71. The van der Waals surface area contributed by atoms with Crippen LogP contribution in [0.25, 0.3) is 0 Å². The minimum atomic E-state index is -3.62. The third-order valence-corrected chi connectivity index (χ3v) is 6.42. The SMILES string of the molecule is CN(CCc1ccncc1)C(=O)c1cccc(S(=O)(=O)N2CCOCC2)c1. The molecule has 2 aromatic rings. The van der Waals surface area contributed by atoms with E-state index in [0.29, 0.717) is 44.8 Å². The maximum atomic E-state index is 12.8. The minimum Gasteiger partial charge on any atom is -0.379 e. The number of amides is 1. The van der Waals surface area contributed by atoms with Gasteiger partial charge >= 0.3 is 0 Å². The van der Waals surface area contributed by atoms with Gasteiger partial charge in [-0.2, -0.15) is 4.31 Å². The van der Waals surface area contributed by atoms with Crippen molar-refractivity contribution in [2.75, 3.05) is 39.9 Å². The lowest BCUT2D eigenvalue weighted by Gasteiger charge is -2.26. The average Bonchev–Trinajstić information content (AvgIpc) is 2.73. The highest BCUT2D eigenvalue weighted by molar-refractivity contribution is 7.89. The Bertz CT molecular complexity index is 881. The van der Waals surface area contributed by atoms with Crippen LogP contribution >= 0.6 is 0 Å². The molecule has 1 saturated heterocycles. The first-order chi connectivity index (χ1) is 13.0. The summed E-state index contributed by atoms with van der Waals surface area (Å²) in [6.45, 7) is 1.95. The Hall–Kier alpha value is -2.29. The fourth-order valence-corrected chi connectivity index (χ4v) is 4.35. The Morgan fingerprint density at radius 3 is 2.59 bits per heavy atom. The second-order valence-corrected chi connectivity index (χ2v) is 8.31. The van der Waals surface area contributed by atoms with E-state index in [1.54, 1.807) is 36.5 Å². The molecule has 0 atom stereocenters. The zero-order chi connectivity index (χ0) is 19.3. The standard InChI is InChI=1S/C19H23N3O4S/c1-21(10-7-16-5-8-20-9-6-16)19(23)17-3-2-4-18(15-17)27(24,25)22-11-13-26-14-12-22/h2-6,8-9,15H,7,10-14H2,1H3. The fraction of sp³-hybridized carbons (Fsp3) is 0.368. The molecule has 144 valence electrons. The summed E-state index contributed by atoms with van der Waals surface area (Å²) in [7, 11) is -1.91. The van der Waals surface area contributed by atoms with Crippen LogP contribution in [0.3, 0.4) is 0 Å². The van der Waals surface area contributed by atoms with Gasteiger partial charge in [0, 0.05) is 44.6 Å². The number of morpholine rings is 1. The van der Waals surface area contributed by atoms with Crippen LogP contribution in [0.5, 0.6) is 0 Å². The molecule has 8 heteroatoms. The summed E-state index contributed by atoms with van der Waals surface area (Å²) in [6.07, 6.45) is 4.14. The molecule has 3 rings (SSSR count). The van der Waals surface area contributed by atoms with Gasteiger partial charge in [-0.1, -0.05) is 6.07 Å². The molecule has 0 radical (unpaired) electrons. The first kappa shape index (κ1) is 19.5. The zero-order valence-electron chi connectivity index (χ0n) is 15.2. The van der Waals surface area contributed by atoms with E-state index in [4.69, 9.17) is 4.74 Å². The van der Waals surface area contributed by atoms with E-state index >= 15 is 0 Å². The van der Waals surface area contributed by atoms with Crippen molar-refractivity contribution < 1.29 is 17.9 Å². The van der Waals surface area contributed by atoms with E-state index in [9.17, 15) is 13.2 Å². The van der Waals surface area contributed by atoms with Gasteiger partial charge in [0.05, 0.1) is 18.1 Å². The molecule has 27 heavy (non-hydrogen) atoms. The Morgan fingerprint density at radius 1 is 1.19 bits per heavy atom. The van der Waals surface area contributed by atoms with Gasteiger partial charge in [0.25, 0.3) is 5.91 Å². The summed E-state index contributed by atoms with van der Waals surface area (Å²) in [5.41, 5.74) is 1.45. The Labute approximate surface area is 159 Å². The van der Waals surface area contributed by atoms with E-state index in [-0.39, 0.29) is 10.8 Å². The van der Waals surface area contributed by atoms with Gasteiger partial charge in [-0.25, -0.2) is 8.42 Å². The number of benzene rings is 1. The lowest BCUT2D eigenvalue weighted by atomic mass is 10.1. The van der Waals surface area contributed by atoms with E-state index in [1.165, 1.54) is 16.4 Å². The van der Waals surface area contributed by atoms with Crippen LogP contribution in [0, 0.1) is 0 Å². The maximum absolute atomic E-state index is 12.8. The number of hydrogen-bond acceptors (Lipinski definition) is 5. The molecular formula is C19H23N3O4S. The van der Waals surface area contributed by atoms with Crippen LogP contribution in [-0.4, -0.2) is 68.4 Å². The predicted molar refractivity (Wildman–Crippen MR) is 101 cm³/mol. The quantitative estimate of drug-likeness (QED) is 0.746. The molecule has 1 aliphatic rings. The van der Waals surface area contributed by atoms with Gasteiger partial charge in [0.2, 0.25) is 10.0 Å². The highest BCUT2D eigenvalue weighted by atomic mass is 32.2. The van der Waals surface area contributed by atoms with Crippen LogP contribution in [0.4, 0.5) is 0 Å². The second-order valence-electron chi connectivity index (χ2n) is 6.38. The van der Waals surface area contributed by atoms with E-state index in [1.807, 2.05) is 12.1 Å². The molecule has 7 nitrogen and oxygen atoms in total. The van der Waals surface area contributed by atoms with Crippen LogP contribution in [0.1, 0.15) is 15.9 Å². The number of aromatic nitrogens is 1. The van der Waals surface area contributed by atoms with E-state index in [0.717, 1.165) is 5.56 Å². The van der Waals surface area contributed by atoms with Crippen molar-refractivity contribution in [3.63, 3.8) is 0 Å². The van der Waals surface area contributed by atoms with E-state index in [2.05, 4.69) is 4.98 Å². The number of pyridine rings is 1. The van der Waals surface area contributed by atoms with Gasteiger partial charge in [-0.3, -0.25) is 9.78 Å². The number of hydrogen-bond donors (Lipinski definition) is 0. The largest absolute Gasteiger partial charge is 0.379 e. The Morgan fingerprint density at radius 2 is 1.89 bits per heavy atom. The zero-order valence-corrected chi connectivity index (χ0v) is 16.1. The predicted octanol–water partition coefficient (Wildman–Crippen LogP) is 1.42. The lowest BCUT2D eigenvalue weighted by Crippen LogP contribution is -2.40. The smallest absolute Gasteiger partial charge is 0.253 e. The Kier molecular flexibility index (Phi) is 6.20. The van der Waals surface area contributed by atoms with Gasteiger partial charge in [-0.05, 0) is 42.3 Å². The van der Waals surface area contributed by atoms with Gasteiger partial charge in [0.15, 0.2) is 0 Å². The summed E-state index contributed by atoms with van der Waals surface area (Å²) in [6, 6.07) is 10.1. The normalized spacial score (nSPS) is 15.4. The van der Waals surface area contributed by atoms with E-state index < -0.39 is 10.0 Å². The van der Waals surface area contributed by atoms with Gasteiger partial charge < -0.3 is 9.64 Å². The fourth-order valence-electron chi connectivity index (χ4n) is 2.89. The van der Waals surface area contributed by atoms with Crippen LogP contribution in [0.15, 0.2) is 53.7 Å². The topological polar surface area (TPSA) is 79.8 Å². The molecule has 0 N–H and O–H groups in total. The van der Waals surface area contributed by atoms with Crippen molar-refractivity contribution in [2.24, 2.45) is 0 Å². The van der Waals surface area contributed by atoms with Crippen LogP contribution in [0.2, 0.25) is 0 Å². The first-order valence-corrected chi connectivity index (χ1v) is 10.2. The summed E-state index contributed by atoms with van der Waals surface area (Å²) >= 11 is 0. The molecule has 0 saturated carbocycles. The van der Waals surface area contributed by atoms with Crippen LogP contribution in [-0.2, 0) is 21.2 Å². The van der Waals surface area contributed by atoms with Crippen molar-refractivity contribution >= 4 is 15.9 Å². The summed E-state index contributed by atoms with van der Waals surface area (Å²) in [5, 5.41) is 0. The number of carbonyl (C=O) groups excluding carboxylic acids is 1. The summed E-state index contributed by atoms with van der Waals surface area (Å²) in [4.78, 5) is 18.4. The molecule has 1 aromatic carbocycles. The number of rotatable bonds is 6. The average molecular weight is 389 g/mol. The van der Waals surface area contributed by atoms with Crippen molar-refractivity contribution in [2.45, 2.75) is 11.3 Å². The number of carbonyl (C=O) groups is 1. The molecular weight excluding hydrogens is 366 g/mol. The van der Waals surface area contributed by atoms with Crippen molar-refractivity contribution in [3.05, 3.63) is 59.9 Å². The molecule has 0 spiro atoms. The molecule has 0 unspecified atom stereocenters.